The minimum atomic E-state index is -4.00. The van der Waals surface area contributed by atoms with Crippen molar-refractivity contribution in [1.29, 1.82) is 0 Å². The van der Waals surface area contributed by atoms with Crippen LogP contribution in [0.1, 0.15) is 53.4 Å². The monoisotopic (exact) mass is 716 g/mol. The highest BCUT2D eigenvalue weighted by molar-refractivity contribution is 7.53. The number of hydrogen-bond acceptors (Lipinski definition) is 12. The first-order chi connectivity index (χ1) is 20.6. The predicted octanol–water partition coefficient (Wildman–Crippen LogP) is 3.49. The van der Waals surface area contributed by atoms with Crippen molar-refractivity contribution in [1.82, 2.24) is 19.6 Å². The van der Waals surface area contributed by atoms with Crippen molar-refractivity contribution in [2.24, 2.45) is 0 Å². The molecule has 1 saturated heterocycles. The lowest BCUT2D eigenvalue weighted by Gasteiger charge is -2.35. The molecule has 1 fully saturated rings. The van der Waals surface area contributed by atoms with Crippen molar-refractivity contribution in [3.63, 3.8) is 0 Å². The second-order valence-corrected chi connectivity index (χ2v) is 18.2. The first-order valence-electron chi connectivity index (χ1n) is 15.3. The highest BCUT2D eigenvalue weighted by atomic mass is 31.2. The molecule has 4 unspecified atom stereocenters. The van der Waals surface area contributed by atoms with Gasteiger partial charge in [0.15, 0.2) is 0 Å². The third-order valence-electron chi connectivity index (χ3n) is 6.43. The molecule has 20 heteroatoms. The van der Waals surface area contributed by atoms with Crippen LogP contribution < -0.4 is 0 Å². The molecule has 16 nitrogen and oxygen atoms in total. The Morgan fingerprint density at radius 2 is 0.568 bits per heavy atom. The van der Waals surface area contributed by atoms with E-state index in [1.54, 1.807) is 19.6 Å². The highest BCUT2D eigenvalue weighted by Crippen LogP contribution is 2.45. The fourth-order valence-corrected chi connectivity index (χ4v) is 9.61. The minimum Gasteiger partial charge on any atom is -0.323 e. The summed E-state index contributed by atoms with van der Waals surface area (Å²) in [6.07, 6.45) is 1.04. The third kappa shape index (κ3) is 20.0. The van der Waals surface area contributed by atoms with Crippen molar-refractivity contribution in [3.05, 3.63) is 0 Å². The highest BCUT2D eigenvalue weighted by Gasteiger charge is 2.31. The molecule has 1 aliphatic heterocycles. The van der Waals surface area contributed by atoms with Crippen LogP contribution in [-0.2, 0) is 36.4 Å². The SMILES string of the molecule is CCCOP(=O)(O)CN1CCN(CP(=O)(O)OCCC)CCN(CP(=O)(O)OCCC)CCN(CP(=O)(O)OCCC)CC1. The van der Waals surface area contributed by atoms with Gasteiger partial charge < -0.3 is 37.7 Å². The summed E-state index contributed by atoms with van der Waals surface area (Å²) in [5.41, 5.74) is 0. The van der Waals surface area contributed by atoms with Gasteiger partial charge in [-0.05, 0) is 25.7 Å². The summed E-state index contributed by atoms with van der Waals surface area (Å²) in [4.78, 5) is 48.7. The normalized spacial score (nSPS) is 23.1. The van der Waals surface area contributed by atoms with Gasteiger partial charge in [0, 0.05) is 52.4 Å². The fraction of sp³-hybridized carbons (Fsp3) is 1.00. The quantitative estimate of drug-likeness (QED) is 0.133. The minimum absolute atomic E-state index is 0.108. The molecule has 1 aliphatic rings. The average molecular weight is 717 g/mol. The summed E-state index contributed by atoms with van der Waals surface area (Å²) in [6.45, 7) is 9.41. The lowest BCUT2D eigenvalue weighted by Crippen LogP contribution is -2.46. The zero-order chi connectivity index (χ0) is 33.3. The summed E-state index contributed by atoms with van der Waals surface area (Å²) in [5.74, 6) is 0. The molecule has 0 aromatic carbocycles. The van der Waals surface area contributed by atoms with Gasteiger partial charge in [-0.3, -0.25) is 37.9 Å². The van der Waals surface area contributed by atoms with E-state index in [1.807, 2.05) is 27.7 Å². The molecule has 1 rings (SSSR count). The number of hydrogen-bond donors (Lipinski definition) is 4. The zero-order valence-corrected chi connectivity index (χ0v) is 30.4. The Hall–Kier alpha value is 0.440. The first-order valence-corrected chi connectivity index (χ1v) is 22.4. The molecule has 0 bridgehead atoms. The van der Waals surface area contributed by atoms with Crippen molar-refractivity contribution in [2.75, 3.05) is 104 Å². The topological polar surface area (TPSA) is 199 Å². The van der Waals surface area contributed by atoms with Gasteiger partial charge in [-0.1, -0.05) is 27.7 Å². The van der Waals surface area contributed by atoms with E-state index in [0.717, 1.165) is 0 Å². The largest absolute Gasteiger partial charge is 0.341 e. The number of nitrogens with zero attached hydrogens (tertiary/aromatic N) is 4. The van der Waals surface area contributed by atoms with Gasteiger partial charge in [-0.25, -0.2) is 0 Å². The molecule has 4 atom stereocenters. The van der Waals surface area contributed by atoms with Gasteiger partial charge in [-0.2, -0.15) is 0 Å². The van der Waals surface area contributed by atoms with Crippen molar-refractivity contribution < 1.29 is 55.9 Å². The third-order valence-corrected chi connectivity index (χ3v) is 11.8. The van der Waals surface area contributed by atoms with Gasteiger partial charge in [0.1, 0.15) is 25.1 Å². The van der Waals surface area contributed by atoms with Crippen LogP contribution in [0.5, 0.6) is 0 Å². The summed E-state index contributed by atoms with van der Waals surface area (Å²) >= 11 is 0. The molecule has 44 heavy (non-hydrogen) atoms. The Morgan fingerprint density at radius 3 is 0.705 bits per heavy atom. The second kappa shape index (κ2) is 21.4. The second-order valence-electron chi connectivity index (χ2n) is 10.9. The van der Waals surface area contributed by atoms with E-state index in [1.165, 1.54) is 0 Å². The van der Waals surface area contributed by atoms with Crippen LogP contribution in [0, 0.1) is 0 Å². The fourth-order valence-electron chi connectivity index (χ4n) is 4.25. The Bertz CT molecular complexity index is 829. The molecule has 0 aromatic heterocycles. The molecule has 1 heterocycles. The maximum absolute atomic E-state index is 12.8. The molecular weight excluding hydrogens is 660 g/mol. The maximum atomic E-state index is 12.8. The molecule has 264 valence electrons. The lowest BCUT2D eigenvalue weighted by molar-refractivity contribution is 0.141. The van der Waals surface area contributed by atoms with E-state index in [9.17, 15) is 37.8 Å². The van der Waals surface area contributed by atoms with E-state index in [2.05, 4.69) is 0 Å². The molecule has 0 saturated carbocycles. The summed E-state index contributed by atoms with van der Waals surface area (Å²) in [7, 11) is -16.0. The molecule has 0 aliphatic carbocycles. The van der Waals surface area contributed by atoms with E-state index < -0.39 is 30.4 Å². The van der Waals surface area contributed by atoms with Crippen LogP contribution in [0.15, 0.2) is 0 Å². The van der Waals surface area contributed by atoms with Gasteiger partial charge in [0.2, 0.25) is 0 Å². The van der Waals surface area contributed by atoms with Crippen LogP contribution in [0.4, 0.5) is 0 Å². The molecular formula is C24H56N4O12P4. The molecule has 0 aromatic rings. The van der Waals surface area contributed by atoms with Crippen molar-refractivity contribution in [2.45, 2.75) is 53.4 Å². The Morgan fingerprint density at radius 1 is 0.409 bits per heavy atom. The van der Waals surface area contributed by atoms with Crippen molar-refractivity contribution >= 4 is 30.4 Å². The van der Waals surface area contributed by atoms with Crippen molar-refractivity contribution in [3.8, 4) is 0 Å². The lowest BCUT2D eigenvalue weighted by atomic mass is 10.4. The van der Waals surface area contributed by atoms with Gasteiger partial charge in [-0.15, -0.1) is 0 Å². The summed E-state index contributed by atoms with van der Waals surface area (Å²) < 4.78 is 72.1. The van der Waals surface area contributed by atoms with Crippen LogP contribution in [0.3, 0.4) is 0 Å². The van der Waals surface area contributed by atoms with Gasteiger partial charge in [0.05, 0.1) is 26.4 Å². The maximum Gasteiger partial charge on any atom is 0.341 e. The standard InChI is InChI=1S/C24H56N4O12P4/c1-5-17-37-41(29,30)21-25-9-11-26(22-42(31,32)38-18-6-2)13-15-28(24-44(35,36)40-20-8-4)16-14-27(12-10-25)23-43(33,34)39-19-7-3/h5-24H2,1-4H3,(H,29,30)(H,31,32)(H,33,34)(H,35,36). The zero-order valence-electron chi connectivity index (χ0n) is 26.8. The van der Waals surface area contributed by atoms with E-state index in [0.29, 0.717) is 25.7 Å². The van der Waals surface area contributed by atoms with Crippen LogP contribution in [0.2, 0.25) is 0 Å². The van der Waals surface area contributed by atoms with E-state index in [4.69, 9.17) is 18.1 Å². The molecule has 0 spiro atoms. The van der Waals surface area contributed by atoms with E-state index >= 15 is 0 Å². The van der Waals surface area contributed by atoms with Gasteiger partial charge in [0.25, 0.3) is 0 Å². The Kier molecular flexibility index (Phi) is 20.7. The van der Waals surface area contributed by atoms with E-state index in [-0.39, 0.29) is 104 Å². The van der Waals surface area contributed by atoms with Gasteiger partial charge >= 0.3 is 30.4 Å². The molecule has 0 radical (unpaired) electrons. The molecule has 4 N–H and O–H groups in total. The Labute approximate surface area is 263 Å². The number of rotatable bonds is 20. The average Bonchev–Trinajstić information content (AvgIpc) is 2.94. The van der Waals surface area contributed by atoms with Crippen LogP contribution in [-0.4, -0.2) is 143 Å². The summed E-state index contributed by atoms with van der Waals surface area (Å²) in [5, 5.41) is 0. The Balaban J connectivity index is 3.30. The molecule has 0 amide bonds. The van der Waals surface area contributed by atoms with Crippen LogP contribution in [0.25, 0.3) is 0 Å². The van der Waals surface area contributed by atoms with Crippen LogP contribution >= 0.6 is 30.4 Å². The smallest absolute Gasteiger partial charge is 0.323 e. The summed E-state index contributed by atoms with van der Waals surface area (Å²) in [6, 6.07) is 0. The predicted molar refractivity (Wildman–Crippen MR) is 170 cm³/mol. The first kappa shape index (κ1) is 42.5.